The summed E-state index contributed by atoms with van der Waals surface area (Å²) in [6, 6.07) is 0. The molecule has 0 aliphatic heterocycles. The molecule has 0 atom stereocenters. The molecule has 0 spiro atoms. The van der Waals surface area contributed by atoms with Crippen molar-refractivity contribution >= 4 is 21.7 Å². The first-order chi connectivity index (χ1) is 4.93. The van der Waals surface area contributed by atoms with Crippen molar-refractivity contribution in [2.24, 2.45) is 7.05 Å². The molecule has 0 amide bonds. The van der Waals surface area contributed by atoms with Crippen molar-refractivity contribution in [3.63, 3.8) is 0 Å². The molecule has 1 heterocycles. The molecule has 0 saturated carbocycles. The number of rotatable bonds is 1. The number of imidazole rings is 1. The van der Waals surface area contributed by atoms with Crippen molar-refractivity contribution < 1.29 is 13.0 Å². The number of hydrogen-bond acceptors (Lipinski definition) is 3. The lowest BCUT2D eigenvalue weighted by atomic mass is 10.9. The molecule has 5 nitrogen and oxygen atoms in total. The summed E-state index contributed by atoms with van der Waals surface area (Å²) in [5, 5.41) is -0.617. The van der Waals surface area contributed by atoms with Gasteiger partial charge in [-0.05, 0) is 0 Å². The molecule has 0 aliphatic rings. The van der Waals surface area contributed by atoms with Gasteiger partial charge in [-0.1, -0.05) is 11.6 Å². The maximum absolute atomic E-state index is 10.5. The second-order valence-corrected chi connectivity index (χ2v) is 3.62. The number of halogens is 1. The third kappa shape index (κ3) is 1.52. The topological polar surface area (TPSA) is 72.2 Å². The molecule has 7 heteroatoms. The van der Waals surface area contributed by atoms with Crippen molar-refractivity contribution in [1.82, 2.24) is 9.55 Å². The molecule has 1 N–H and O–H groups in total. The van der Waals surface area contributed by atoms with E-state index in [1.807, 2.05) is 0 Å². The normalized spacial score (nSPS) is 11.9. The monoisotopic (exact) mass is 196 g/mol. The van der Waals surface area contributed by atoms with Crippen LogP contribution in [0.4, 0.5) is 0 Å². The molecule has 0 bridgehead atoms. The highest BCUT2D eigenvalue weighted by Gasteiger charge is 2.19. The van der Waals surface area contributed by atoms with Gasteiger partial charge in [-0.2, -0.15) is 8.42 Å². The van der Waals surface area contributed by atoms with Gasteiger partial charge in [0.2, 0.25) is 5.03 Å². The van der Waals surface area contributed by atoms with Gasteiger partial charge in [0.15, 0.2) is 5.15 Å². The van der Waals surface area contributed by atoms with Crippen LogP contribution in [0.3, 0.4) is 0 Å². The van der Waals surface area contributed by atoms with Crippen molar-refractivity contribution in [2.75, 3.05) is 0 Å². The molecule has 0 aliphatic carbocycles. The summed E-state index contributed by atoms with van der Waals surface area (Å²) in [5.74, 6) is 0. The Labute approximate surface area is 68.4 Å². The Kier molecular flexibility index (Phi) is 1.91. The van der Waals surface area contributed by atoms with E-state index in [1.165, 1.54) is 13.4 Å². The van der Waals surface area contributed by atoms with Gasteiger partial charge in [-0.25, -0.2) is 4.98 Å². The quantitative estimate of drug-likeness (QED) is 0.657. The summed E-state index contributed by atoms with van der Waals surface area (Å²) in [4.78, 5) is 3.47. The van der Waals surface area contributed by atoms with Crippen LogP contribution < -0.4 is 0 Å². The fourth-order valence-corrected chi connectivity index (χ4v) is 1.82. The average molecular weight is 197 g/mol. The van der Waals surface area contributed by atoms with E-state index in [9.17, 15) is 8.42 Å². The zero-order chi connectivity index (χ0) is 8.65. The fraction of sp³-hybridized carbons (Fsp3) is 0.250. The van der Waals surface area contributed by atoms with E-state index < -0.39 is 10.1 Å². The molecule has 0 radical (unpaired) electrons. The molecule has 1 aromatic heterocycles. The minimum Gasteiger partial charge on any atom is -0.322 e. The Hall–Kier alpha value is -0.590. The van der Waals surface area contributed by atoms with Crippen LogP contribution in [0.15, 0.2) is 11.4 Å². The maximum atomic E-state index is 10.5. The SMILES string of the molecule is Cn1cnc(Cl)c1S(=O)(=O)O. The average Bonchev–Trinajstić information content (AvgIpc) is 2.08. The summed E-state index contributed by atoms with van der Waals surface area (Å²) < 4.78 is 30.8. The minimum atomic E-state index is -4.25. The lowest BCUT2D eigenvalue weighted by molar-refractivity contribution is 0.474. The van der Waals surface area contributed by atoms with Crippen LogP contribution in [-0.4, -0.2) is 22.5 Å². The fourth-order valence-electron chi connectivity index (χ4n) is 0.679. The van der Waals surface area contributed by atoms with Crippen molar-refractivity contribution in [3.8, 4) is 0 Å². The highest BCUT2D eigenvalue weighted by molar-refractivity contribution is 7.85. The van der Waals surface area contributed by atoms with Crippen LogP contribution in [-0.2, 0) is 17.2 Å². The minimum absolute atomic E-state index is 0.227. The predicted octanol–water partition coefficient (Wildman–Crippen LogP) is 0.320. The van der Waals surface area contributed by atoms with Gasteiger partial charge in [-0.3, -0.25) is 4.55 Å². The number of aromatic nitrogens is 2. The Balaban J connectivity index is 3.45. The Morgan fingerprint density at radius 3 is 2.45 bits per heavy atom. The van der Waals surface area contributed by atoms with Gasteiger partial charge in [0, 0.05) is 7.05 Å². The highest BCUT2D eigenvalue weighted by Crippen LogP contribution is 2.17. The highest BCUT2D eigenvalue weighted by atomic mass is 35.5. The van der Waals surface area contributed by atoms with Crippen molar-refractivity contribution in [2.45, 2.75) is 5.03 Å². The third-order valence-electron chi connectivity index (χ3n) is 1.09. The van der Waals surface area contributed by atoms with Crippen LogP contribution in [0.2, 0.25) is 5.15 Å². The zero-order valence-corrected chi connectivity index (χ0v) is 7.09. The summed E-state index contributed by atoms with van der Waals surface area (Å²) in [6.07, 6.45) is 1.20. The van der Waals surface area contributed by atoms with E-state index in [1.54, 1.807) is 0 Å². The van der Waals surface area contributed by atoms with Crippen LogP contribution in [0.5, 0.6) is 0 Å². The first-order valence-corrected chi connectivity index (χ1v) is 4.39. The first-order valence-electron chi connectivity index (χ1n) is 2.57. The number of aryl methyl sites for hydroxylation is 1. The van der Waals surface area contributed by atoms with Crippen LogP contribution in [0.1, 0.15) is 0 Å². The molecule has 11 heavy (non-hydrogen) atoms. The Bertz CT molecular complexity index is 349. The summed E-state index contributed by atoms with van der Waals surface area (Å²) >= 11 is 5.36. The second kappa shape index (κ2) is 2.47. The van der Waals surface area contributed by atoms with Gasteiger partial charge in [0.1, 0.15) is 0 Å². The van der Waals surface area contributed by atoms with Crippen LogP contribution in [0.25, 0.3) is 0 Å². The molecule has 62 valence electrons. The van der Waals surface area contributed by atoms with Gasteiger partial charge < -0.3 is 4.57 Å². The molecular weight excluding hydrogens is 192 g/mol. The van der Waals surface area contributed by atoms with E-state index >= 15 is 0 Å². The molecule has 0 unspecified atom stereocenters. The van der Waals surface area contributed by atoms with Gasteiger partial charge in [0.25, 0.3) is 0 Å². The van der Waals surface area contributed by atoms with Crippen LogP contribution >= 0.6 is 11.6 Å². The molecule has 0 saturated heterocycles. The first kappa shape index (κ1) is 8.51. The van der Waals surface area contributed by atoms with E-state index in [-0.39, 0.29) is 10.2 Å². The van der Waals surface area contributed by atoms with Gasteiger partial charge in [-0.15, -0.1) is 0 Å². The van der Waals surface area contributed by atoms with Gasteiger partial charge in [0.05, 0.1) is 6.33 Å². The largest absolute Gasteiger partial charge is 0.322 e. The van der Waals surface area contributed by atoms with E-state index in [4.69, 9.17) is 16.2 Å². The number of nitrogens with zero attached hydrogens (tertiary/aromatic N) is 2. The zero-order valence-electron chi connectivity index (χ0n) is 5.52. The lowest BCUT2D eigenvalue weighted by Gasteiger charge is -1.96. The molecule has 0 aromatic carbocycles. The Morgan fingerprint density at radius 1 is 1.73 bits per heavy atom. The van der Waals surface area contributed by atoms with E-state index in [2.05, 4.69) is 4.98 Å². The Morgan fingerprint density at radius 2 is 2.27 bits per heavy atom. The molecular formula is C4H5ClN2O3S. The van der Waals surface area contributed by atoms with Crippen LogP contribution in [0, 0.1) is 0 Å². The summed E-state index contributed by atoms with van der Waals surface area (Å²) in [5.41, 5.74) is 0. The standard InChI is InChI=1S/C4H5ClN2O3S/c1-7-2-6-3(5)4(7)11(8,9)10/h2H,1H3,(H,8,9,10). The van der Waals surface area contributed by atoms with Gasteiger partial charge >= 0.3 is 10.1 Å². The molecule has 0 fully saturated rings. The summed E-state index contributed by atoms with van der Waals surface area (Å²) in [6.45, 7) is 0. The smallest absolute Gasteiger partial charge is 0.313 e. The van der Waals surface area contributed by atoms with E-state index in [0.717, 1.165) is 4.57 Å². The third-order valence-corrected chi connectivity index (χ3v) is 2.44. The molecule has 1 aromatic rings. The maximum Gasteiger partial charge on any atom is 0.313 e. The second-order valence-electron chi connectivity index (χ2n) is 1.93. The van der Waals surface area contributed by atoms with E-state index in [0.29, 0.717) is 0 Å². The predicted molar refractivity (Wildman–Crippen MR) is 38.0 cm³/mol. The number of hydrogen-bond donors (Lipinski definition) is 1. The van der Waals surface area contributed by atoms with Crippen molar-refractivity contribution in [3.05, 3.63) is 11.5 Å². The lowest BCUT2D eigenvalue weighted by Crippen LogP contribution is -2.04. The molecule has 1 rings (SSSR count). The summed E-state index contributed by atoms with van der Waals surface area (Å²) in [7, 11) is -2.83. The van der Waals surface area contributed by atoms with Crippen molar-refractivity contribution in [1.29, 1.82) is 0 Å².